The van der Waals surface area contributed by atoms with E-state index in [0.717, 1.165) is 0 Å². The third kappa shape index (κ3) is 2.22. The number of nitrogens with zero attached hydrogens (tertiary/aromatic N) is 2. The molecule has 4 nitrogen and oxygen atoms in total. The highest BCUT2D eigenvalue weighted by Gasteiger charge is 2.45. The summed E-state index contributed by atoms with van der Waals surface area (Å²) in [5, 5.41) is 12.5. The number of para-hydroxylation sites is 1. The highest BCUT2D eigenvalue weighted by atomic mass is 16.2. The molecular formula is C15H19N3O. The summed E-state index contributed by atoms with van der Waals surface area (Å²) in [7, 11) is 0. The van der Waals surface area contributed by atoms with E-state index >= 15 is 0 Å². The van der Waals surface area contributed by atoms with Crippen LogP contribution in [0.1, 0.15) is 33.3 Å². The van der Waals surface area contributed by atoms with Crippen LogP contribution in [0, 0.1) is 11.3 Å². The van der Waals surface area contributed by atoms with Gasteiger partial charge in [-0.3, -0.25) is 4.79 Å². The lowest BCUT2D eigenvalue weighted by Gasteiger charge is -2.49. The van der Waals surface area contributed by atoms with Gasteiger partial charge in [0.1, 0.15) is 6.07 Å². The minimum absolute atomic E-state index is 0.00792. The van der Waals surface area contributed by atoms with E-state index in [1.165, 1.54) is 0 Å². The molecule has 100 valence electrons. The summed E-state index contributed by atoms with van der Waals surface area (Å²) in [6.07, 6.45) is 0. The predicted octanol–water partition coefficient (Wildman–Crippen LogP) is 2.05. The van der Waals surface area contributed by atoms with Crippen LogP contribution < -0.4 is 10.2 Å². The second-order valence-corrected chi connectivity index (χ2v) is 6.06. The van der Waals surface area contributed by atoms with E-state index in [9.17, 15) is 10.1 Å². The molecule has 0 aromatic heterocycles. The molecule has 1 fully saturated rings. The molecule has 2 rings (SSSR count). The van der Waals surface area contributed by atoms with Gasteiger partial charge in [0.05, 0.1) is 22.3 Å². The number of hydrogen-bond acceptors (Lipinski definition) is 3. The van der Waals surface area contributed by atoms with Crippen LogP contribution in [0.2, 0.25) is 0 Å². The molecule has 1 amide bonds. The first-order valence-electron chi connectivity index (χ1n) is 6.38. The van der Waals surface area contributed by atoms with Crippen molar-refractivity contribution in [3.8, 4) is 6.07 Å². The number of anilines is 1. The number of nitrogens with one attached hydrogen (secondary N) is 1. The maximum atomic E-state index is 12.7. The molecule has 1 heterocycles. The van der Waals surface area contributed by atoms with Crippen LogP contribution in [0.25, 0.3) is 0 Å². The topological polar surface area (TPSA) is 56.1 Å². The van der Waals surface area contributed by atoms with Gasteiger partial charge in [0.2, 0.25) is 5.91 Å². The molecule has 1 aromatic rings. The predicted molar refractivity (Wildman–Crippen MR) is 74.8 cm³/mol. The highest BCUT2D eigenvalue weighted by molar-refractivity contribution is 6.02. The molecule has 1 aliphatic rings. The van der Waals surface area contributed by atoms with Crippen LogP contribution in [0.3, 0.4) is 0 Å². The number of benzene rings is 1. The molecule has 0 unspecified atom stereocenters. The van der Waals surface area contributed by atoms with Crippen molar-refractivity contribution in [3.63, 3.8) is 0 Å². The molecule has 4 heteroatoms. The Morgan fingerprint density at radius 3 is 2.53 bits per heavy atom. The van der Waals surface area contributed by atoms with Crippen LogP contribution in [0.5, 0.6) is 0 Å². The van der Waals surface area contributed by atoms with Crippen molar-refractivity contribution in [3.05, 3.63) is 29.8 Å². The van der Waals surface area contributed by atoms with Crippen molar-refractivity contribution >= 4 is 11.6 Å². The molecule has 0 radical (unpaired) electrons. The second-order valence-electron chi connectivity index (χ2n) is 6.06. The smallest absolute Gasteiger partial charge is 0.247 e. The number of piperazine rings is 1. The zero-order valence-corrected chi connectivity index (χ0v) is 11.8. The Labute approximate surface area is 114 Å². The van der Waals surface area contributed by atoms with Crippen molar-refractivity contribution in [2.75, 3.05) is 11.4 Å². The van der Waals surface area contributed by atoms with Crippen LogP contribution in [0.15, 0.2) is 24.3 Å². The van der Waals surface area contributed by atoms with Crippen LogP contribution in [-0.2, 0) is 4.79 Å². The number of amides is 1. The van der Waals surface area contributed by atoms with Gasteiger partial charge >= 0.3 is 0 Å². The van der Waals surface area contributed by atoms with E-state index in [1.54, 1.807) is 11.0 Å². The van der Waals surface area contributed by atoms with Crippen LogP contribution >= 0.6 is 0 Å². The van der Waals surface area contributed by atoms with Crippen molar-refractivity contribution in [1.82, 2.24) is 5.32 Å². The van der Waals surface area contributed by atoms with Gasteiger partial charge in [-0.05, 0) is 39.8 Å². The second kappa shape index (κ2) is 4.36. The largest absolute Gasteiger partial charge is 0.303 e. The van der Waals surface area contributed by atoms with Gasteiger partial charge in [0.25, 0.3) is 0 Å². The lowest BCUT2D eigenvalue weighted by molar-refractivity contribution is -0.126. The number of rotatable bonds is 1. The maximum absolute atomic E-state index is 12.7. The summed E-state index contributed by atoms with van der Waals surface area (Å²) in [4.78, 5) is 14.4. The van der Waals surface area contributed by atoms with Crippen molar-refractivity contribution in [1.29, 1.82) is 5.26 Å². The number of carbonyl (C=O) groups excluding carboxylic acids is 1. The molecule has 0 spiro atoms. The minimum atomic E-state index is -0.613. The van der Waals surface area contributed by atoms with Crippen molar-refractivity contribution in [2.24, 2.45) is 0 Å². The van der Waals surface area contributed by atoms with Crippen molar-refractivity contribution in [2.45, 2.75) is 38.8 Å². The Kier molecular flexibility index (Phi) is 3.11. The zero-order chi connectivity index (χ0) is 14.3. The zero-order valence-electron chi connectivity index (χ0n) is 11.8. The Hall–Kier alpha value is -1.86. The third-order valence-corrected chi connectivity index (χ3v) is 3.57. The highest BCUT2D eigenvalue weighted by Crippen LogP contribution is 2.32. The first-order valence-corrected chi connectivity index (χ1v) is 6.38. The third-order valence-electron chi connectivity index (χ3n) is 3.57. The first-order chi connectivity index (χ1) is 8.79. The van der Waals surface area contributed by atoms with Gasteiger partial charge in [0.15, 0.2) is 0 Å². The lowest BCUT2D eigenvalue weighted by atomic mass is 9.89. The fourth-order valence-electron chi connectivity index (χ4n) is 2.34. The first kappa shape index (κ1) is 13.6. The Balaban J connectivity index is 2.57. The fraction of sp³-hybridized carbons (Fsp3) is 0.467. The van der Waals surface area contributed by atoms with Gasteiger partial charge in [-0.15, -0.1) is 0 Å². The molecule has 19 heavy (non-hydrogen) atoms. The molecule has 0 bridgehead atoms. The summed E-state index contributed by atoms with van der Waals surface area (Å²) < 4.78 is 0. The van der Waals surface area contributed by atoms with Gasteiger partial charge in [-0.1, -0.05) is 12.1 Å². The van der Waals surface area contributed by atoms with E-state index < -0.39 is 5.54 Å². The molecule has 0 aliphatic carbocycles. The van der Waals surface area contributed by atoms with E-state index in [1.807, 2.05) is 45.9 Å². The van der Waals surface area contributed by atoms with Gasteiger partial charge < -0.3 is 10.2 Å². The van der Waals surface area contributed by atoms with Gasteiger partial charge in [-0.25, -0.2) is 0 Å². The number of nitriles is 1. The average molecular weight is 257 g/mol. The molecule has 1 aromatic carbocycles. The fourth-order valence-corrected chi connectivity index (χ4v) is 2.34. The Morgan fingerprint density at radius 2 is 1.89 bits per heavy atom. The number of hydrogen-bond donors (Lipinski definition) is 1. The minimum Gasteiger partial charge on any atom is -0.303 e. The van der Waals surface area contributed by atoms with E-state index in [4.69, 9.17) is 0 Å². The van der Waals surface area contributed by atoms with Gasteiger partial charge in [-0.2, -0.15) is 5.26 Å². The quantitative estimate of drug-likeness (QED) is 0.837. The van der Waals surface area contributed by atoms with Gasteiger partial charge in [0, 0.05) is 6.54 Å². The van der Waals surface area contributed by atoms with E-state index in [-0.39, 0.29) is 11.4 Å². The maximum Gasteiger partial charge on any atom is 0.247 e. The standard InChI is InChI=1S/C15H19N3O/c1-14(2)10-17-15(3,4)13(19)18(14)12-8-6-5-7-11(12)9-16/h5-8,17H,10H2,1-4H3. The summed E-state index contributed by atoms with van der Waals surface area (Å²) >= 11 is 0. The Bertz CT molecular complexity index is 555. The molecule has 0 atom stereocenters. The summed E-state index contributed by atoms with van der Waals surface area (Å²) in [6.45, 7) is 8.42. The van der Waals surface area contributed by atoms with E-state index in [2.05, 4.69) is 11.4 Å². The Morgan fingerprint density at radius 1 is 1.26 bits per heavy atom. The van der Waals surface area contributed by atoms with Crippen LogP contribution in [-0.4, -0.2) is 23.5 Å². The summed E-state index contributed by atoms with van der Waals surface area (Å²) in [5.74, 6) is -0.00792. The van der Waals surface area contributed by atoms with Crippen LogP contribution in [0.4, 0.5) is 5.69 Å². The molecule has 1 saturated heterocycles. The summed E-state index contributed by atoms with van der Waals surface area (Å²) in [6, 6.07) is 9.41. The molecule has 1 aliphatic heterocycles. The number of carbonyl (C=O) groups is 1. The monoisotopic (exact) mass is 257 g/mol. The lowest BCUT2D eigenvalue weighted by Crippen LogP contribution is -2.70. The summed E-state index contributed by atoms with van der Waals surface area (Å²) in [5.41, 5.74) is 0.244. The molecular weight excluding hydrogens is 238 g/mol. The molecule has 0 saturated carbocycles. The average Bonchev–Trinajstić information content (AvgIpc) is 2.36. The molecule has 1 N–H and O–H groups in total. The SMILES string of the molecule is CC1(C)NCC(C)(C)N(c2ccccc2C#N)C1=O. The van der Waals surface area contributed by atoms with Crippen molar-refractivity contribution < 1.29 is 4.79 Å². The normalized spacial score (nSPS) is 21.0. The van der Waals surface area contributed by atoms with E-state index in [0.29, 0.717) is 17.8 Å².